The van der Waals surface area contributed by atoms with Gasteiger partial charge in [0, 0.05) is 6.08 Å². The maximum Gasteiger partial charge on any atom is 0.365 e. The van der Waals surface area contributed by atoms with Crippen molar-refractivity contribution in [3.8, 4) is 0 Å². The molecule has 0 bridgehead atoms. The topological polar surface area (TPSA) is 55.8 Å². The molecule has 1 aliphatic carbocycles. The standard InChI is InChI=1S/C21H38O4/c1-3-4-5-6-7-8-11-18-12-9-13-19(18)16-17-20(22)14-10-15-21(23)25-24-2/h10,15,18-20,22H,3-9,11-14,16-17H2,1-2H3/t18-,19+,20?/m0/s1. The van der Waals surface area contributed by atoms with E-state index in [1.807, 2.05) is 0 Å². The third-order valence-corrected chi connectivity index (χ3v) is 5.44. The van der Waals surface area contributed by atoms with Crippen molar-refractivity contribution in [3.63, 3.8) is 0 Å². The van der Waals surface area contributed by atoms with Gasteiger partial charge in [0.2, 0.25) is 0 Å². The third-order valence-electron chi connectivity index (χ3n) is 5.44. The van der Waals surface area contributed by atoms with Gasteiger partial charge in [-0.1, -0.05) is 77.2 Å². The summed E-state index contributed by atoms with van der Waals surface area (Å²) in [5.41, 5.74) is 0. The first-order valence-electron chi connectivity index (χ1n) is 10.3. The zero-order valence-corrected chi connectivity index (χ0v) is 16.3. The minimum Gasteiger partial charge on any atom is -0.393 e. The van der Waals surface area contributed by atoms with Crippen LogP contribution in [0, 0.1) is 11.8 Å². The monoisotopic (exact) mass is 354 g/mol. The summed E-state index contributed by atoms with van der Waals surface area (Å²) in [6.45, 7) is 2.26. The Morgan fingerprint density at radius 3 is 2.52 bits per heavy atom. The van der Waals surface area contributed by atoms with Crippen molar-refractivity contribution in [1.82, 2.24) is 0 Å². The Labute approximate surface area is 153 Å². The van der Waals surface area contributed by atoms with Crippen molar-refractivity contribution >= 4 is 5.97 Å². The van der Waals surface area contributed by atoms with Crippen LogP contribution >= 0.6 is 0 Å². The minimum absolute atomic E-state index is 0.373. The SMILES string of the molecule is CCCCCCCC[C@H]1CCC[C@@H]1CCC(O)CC=CC(=O)OOC. The maximum absolute atomic E-state index is 11.1. The average Bonchev–Trinajstić information content (AvgIpc) is 3.04. The molecule has 0 aliphatic heterocycles. The second kappa shape index (κ2) is 14.3. The van der Waals surface area contributed by atoms with Crippen molar-refractivity contribution in [3.05, 3.63) is 12.2 Å². The van der Waals surface area contributed by atoms with Crippen LogP contribution in [0.3, 0.4) is 0 Å². The van der Waals surface area contributed by atoms with Crippen LogP contribution in [0.15, 0.2) is 12.2 Å². The van der Waals surface area contributed by atoms with Crippen molar-refractivity contribution in [2.24, 2.45) is 11.8 Å². The molecule has 1 rings (SSSR count). The van der Waals surface area contributed by atoms with E-state index in [1.165, 1.54) is 77.4 Å². The highest BCUT2D eigenvalue weighted by molar-refractivity contribution is 5.81. The van der Waals surface area contributed by atoms with E-state index in [1.54, 1.807) is 6.08 Å². The van der Waals surface area contributed by atoms with E-state index < -0.39 is 5.97 Å². The number of aliphatic hydroxyl groups excluding tert-OH is 1. The smallest absolute Gasteiger partial charge is 0.365 e. The van der Waals surface area contributed by atoms with Gasteiger partial charge in [0.05, 0.1) is 13.2 Å². The molecule has 0 aromatic heterocycles. The highest BCUT2D eigenvalue weighted by Gasteiger charge is 2.26. The van der Waals surface area contributed by atoms with Crippen LogP contribution in [-0.2, 0) is 14.6 Å². The molecular formula is C21H38O4. The molecule has 3 atom stereocenters. The van der Waals surface area contributed by atoms with Crippen LogP contribution in [-0.4, -0.2) is 24.3 Å². The van der Waals surface area contributed by atoms with Crippen LogP contribution in [0.25, 0.3) is 0 Å². The number of unbranched alkanes of at least 4 members (excludes halogenated alkanes) is 5. The first kappa shape index (κ1) is 22.2. The molecule has 25 heavy (non-hydrogen) atoms. The van der Waals surface area contributed by atoms with Crippen LogP contribution in [0.5, 0.6) is 0 Å². The van der Waals surface area contributed by atoms with Gasteiger partial charge in [0.15, 0.2) is 0 Å². The highest BCUT2D eigenvalue weighted by Crippen LogP contribution is 2.38. The lowest BCUT2D eigenvalue weighted by Crippen LogP contribution is -2.13. The molecule has 1 N–H and O–H groups in total. The summed E-state index contributed by atoms with van der Waals surface area (Å²) in [6, 6.07) is 0. The number of rotatable bonds is 14. The summed E-state index contributed by atoms with van der Waals surface area (Å²) in [7, 11) is 1.30. The second-order valence-electron chi connectivity index (χ2n) is 7.45. The van der Waals surface area contributed by atoms with Crippen molar-refractivity contribution < 1.29 is 19.7 Å². The molecule has 4 heteroatoms. The predicted octanol–water partition coefficient (Wildman–Crippen LogP) is 5.35. The molecule has 0 saturated heterocycles. The summed E-state index contributed by atoms with van der Waals surface area (Å²) < 4.78 is 0. The molecule has 0 spiro atoms. The fourth-order valence-corrected chi connectivity index (χ4v) is 4.02. The Morgan fingerprint density at radius 2 is 1.80 bits per heavy atom. The van der Waals surface area contributed by atoms with E-state index in [-0.39, 0.29) is 6.10 Å². The van der Waals surface area contributed by atoms with E-state index in [4.69, 9.17) is 0 Å². The lowest BCUT2D eigenvalue weighted by molar-refractivity contribution is -0.249. The largest absolute Gasteiger partial charge is 0.393 e. The van der Waals surface area contributed by atoms with Crippen LogP contribution in [0.2, 0.25) is 0 Å². The molecule has 1 unspecified atom stereocenters. The normalized spacial score (nSPS) is 21.7. The molecular weight excluding hydrogens is 316 g/mol. The van der Waals surface area contributed by atoms with E-state index in [0.717, 1.165) is 24.7 Å². The van der Waals surface area contributed by atoms with E-state index in [2.05, 4.69) is 16.7 Å². The molecule has 4 nitrogen and oxygen atoms in total. The Morgan fingerprint density at radius 1 is 1.12 bits per heavy atom. The maximum atomic E-state index is 11.1. The minimum atomic E-state index is -0.538. The van der Waals surface area contributed by atoms with Crippen molar-refractivity contribution in [2.75, 3.05) is 7.11 Å². The molecule has 0 amide bonds. The average molecular weight is 355 g/mol. The van der Waals surface area contributed by atoms with Gasteiger partial charge in [-0.15, -0.1) is 0 Å². The molecule has 0 aromatic rings. The van der Waals surface area contributed by atoms with Crippen LogP contribution < -0.4 is 0 Å². The van der Waals surface area contributed by atoms with Crippen LogP contribution in [0.4, 0.5) is 0 Å². The first-order valence-corrected chi connectivity index (χ1v) is 10.3. The molecule has 0 radical (unpaired) electrons. The summed E-state index contributed by atoms with van der Waals surface area (Å²) in [4.78, 5) is 19.7. The Kier molecular flexibility index (Phi) is 12.7. The predicted molar refractivity (Wildman–Crippen MR) is 101 cm³/mol. The van der Waals surface area contributed by atoms with Crippen molar-refractivity contribution in [1.29, 1.82) is 0 Å². The first-order chi connectivity index (χ1) is 12.2. The van der Waals surface area contributed by atoms with Gasteiger partial charge < -0.3 is 5.11 Å². The van der Waals surface area contributed by atoms with Gasteiger partial charge in [-0.3, -0.25) is 4.89 Å². The zero-order valence-electron chi connectivity index (χ0n) is 16.3. The van der Waals surface area contributed by atoms with Gasteiger partial charge in [-0.2, -0.15) is 4.89 Å². The number of hydrogen-bond acceptors (Lipinski definition) is 4. The van der Waals surface area contributed by atoms with Gasteiger partial charge in [0.25, 0.3) is 0 Å². The molecule has 0 aromatic carbocycles. The summed E-state index contributed by atoms with van der Waals surface area (Å²) in [5, 5.41) is 10.1. The quantitative estimate of drug-likeness (QED) is 0.198. The summed E-state index contributed by atoms with van der Waals surface area (Å²) >= 11 is 0. The molecule has 1 fully saturated rings. The molecule has 0 heterocycles. The molecule has 1 aliphatic rings. The Hall–Kier alpha value is -0.870. The van der Waals surface area contributed by atoms with E-state index in [9.17, 15) is 9.90 Å². The van der Waals surface area contributed by atoms with E-state index in [0.29, 0.717) is 6.42 Å². The van der Waals surface area contributed by atoms with Gasteiger partial charge in [0.1, 0.15) is 0 Å². The van der Waals surface area contributed by atoms with Gasteiger partial charge >= 0.3 is 5.97 Å². The zero-order chi connectivity index (χ0) is 18.3. The fourth-order valence-electron chi connectivity index (χ4n) is 4.02. The summed E-state index contributed by atoms with van der Waals surface area (Å²) in [6.07, 6.45) is 18.7. The Bertz CT molecular complexity index is 367. The number of carbonyl (C=O) groups excluding carboxylic acids is 1. The lowest BCUT2D eigenvalue weighted by atomic mass is 9.86. The number of aliphatic hydroxyl groups is 1. The molecule has 1 saturated carbocycles. The van der Waals surface area contributed by atoms with Crippen molar-refractivity contribution in [2.45, 2.75) is 96.5 Å². The second-order valence-corrected chi connectivity index (χ2v) is 7.45. The third kappa shape index (κ3) is 10.7. The highest BCUT2D eigenvalue weighted by atomic mass is 17.2. The molecule has 146 valence electrons. The summed E-state index contributed by atoms with van der Waals surface area (Å²) in [5.74, 6) is 1.11. The number of hydrogen-bond donors (Lipinski definition) is 1. The van der Waals surface area contributed by atoms with Gasteiger partial charge in [-0.05, 0) is 31.1 Å². The van der Waals surface area contributed by atoms with Crippen LogP contribution in [0.1, 0.15) is 90.4 Å². The Balaban J connectivity index is 2.14. The van der Waals surface area contributed by atoms with E-state index >= 15 is 0 Å². The fraction of sp³-hybridized carbons (Fsp3) is 0.857. The lowest BCUT2D eigenvalue weighted by Gasteiger charge is -2.20. The van der Waals surface area contributed by atoms with Gasteiger partial charge in [-0.25, -0.2) is 4.79 Å². The number of carbonyl (C=O) groups is 1.